The Hall–Kier alpha value is -1.32. The van der Waals surface area contributed by atoms with E-state index < -0.39 is 0 Å². The highest BCUT2D eigenvalue weighted by Crippen LogP contribution is 1.95. The van der Waals surface area contributed by atoms with Gasteiger partial charge < -0.3 is 9.77 Å². The first-order chi connectivity index (χ1) is 4.75. The van der Waals surface area contributed by atoms with Gasteiger partial charge in [-0.1, -0.05) is 5.16 Å². The number of rotatable bonds is 1. The molecule has 1 heterocycles. The molecular weight excluding hydrogens is 130 g/mol. The van der Waals surface area contributed by atoms with Crippen molar-refractivity contribution >= 4 is 5.71 Å². The number of hydrogen-bond donors (Lipinski definition) is 1. The van der Waals surface area contributed by atoms with Gasteiger partial charge in [-0.15, -0.1) is 0 Å². The van der Waals surface area contributed by atoms with Crippen LogP contribution in [0.15, 0.2) is 17.5 Å². The molecule has 0 radical (unpaired) electrons. The summed E-state index contributed by atoms with van der Waals surface area (Å²) in [6, 6.07) is 0. The Balaban J connectivity index is 3.05. The molecule has 0 aliphatic heterocycles. The van der Waals surface area contributed by atoms with Gasteiger partial charge in [0.15, 0.2) is 5.82 Å². The summed E-state index contributed by atoms with van der Waals surface area (Å²) in [6.07, 6.45) is 3.45. The van der Waals surface area contributed by atoms with Crippen LogP contribution in [0, 0.1) is 0 Å². The van der Waals surface area contributed by atoms with Crippen molar-refractivity contribution in [2.24, 2.45) is 12.2 Å². The van der Waals surface area contributed by atoms with Gasteiger partial charge in [0.05, 0.1) is 0 Å². The Morgan fingerprint density at radius 1 is 1.80 bits per heavy atom. The maximum absolute atomic E-state index is 8.37. The molecule has 1 N–H and O–H groups in total. The van der Waals surface area contributed by atoms with E-state index in [1.54, 1.807) is 23.9 Å². The second kappa shape index (κ2) is 2.51. The molecule has 0 amide bonds. The van der Waals surface area contributed by atoms with Crippen LogP contribution in [0.3, 0.4) is 0 Å². The van der Waals surface area contributed by atoms with Gasteiger partial charge in [-0.05, 0) is 6.92 Å². The summed E-state index contributed by atoms with van der Waals surface area (Å²) in [7, 11) is 1.84. The molecule has 0 atom stereocenters. The molecule has 0 unspecified atom stereocenters. The molecule has 1 aromatic rings. The molecule has 0 bridgehead atoms. The molecule has 0 spiro atoms. The van der Waals surface area contributed by atoms with Crippen LogP contribution in [0.5, 0.6) is 0 Å². The predicted molar refractivity (Wildman–Crippen MR) is 37.2 cm³/mol. The SMILES string of the molecule is C/C(=N\O)c1nccn1C. The van der Waals surface area contributed by atoms with Gasteiger partial charge in [0, 0.05) is 19.4 Å². The fourth-order valence-electron chi connectivity index (χ4n) is 0.759. The van der Waals surface area contributed by atoms with Gasteiger partial charge in [-0.3, -0.25) is 0 Å². The average molecular weight is 139 g/mol. The van der Waals surface area contributed by atoms with Crippen molar-refractivity contribution in [2.75, 3.05) is 0 Å². The van der Waals surface area contributed by atoms with Crippen LogP contribution in [0.4, 0.5) is 0 Å². The first-order valence-electron chi connectivity index (χ1n) is 2.92. The summed E-state index contributed by atoms with van der Waals surface area (Å²) in [5.41, 5.74) is 0.521. The number of imidazole rings is 1. The highest BCUT2D eigenvalue weighted by atomic mass is 16.4. The van der Waals surface area contributed by atoms with E-state index >= 15 is 0 Å². The molecule has 0 saturated heterocycles. The third-order valence-electron chi connectivity index (χ3n) is 1.29. The number of nitrogens with zero attached hydrogens (tertiary/aromatic N) is 3. The molecule has 4 heteroatoms. The Labute approximate surface area is 58.8 Å². The van der Waals surface area contributed by atoms with E-state index in [-0.39, 0.29) is 0 Å². The molecule has 0 aliphatic carbocycles. The number of oxime groups is 1. The Kier molecular flexibility index (Phi) is 1.71. The molecule has 4 nitrogen and oxygen atoms in total. The Morgan fingerprint density at radius 2 is 2.50 bits per heavy atom. The van der Waals surface area contributed by atoms with Crippen LogP contribution >= 0.6 is 0 Å². The number of aromatic nitrogens is 2. The molecule has 0 fully saturated rings. The first kappa shape index (κ1) is 6.80. The molecule has 1 rings (SSSR count). The van der Waals surface area contributed by atoms with Gasteiger partial charge in [-0.25, -0.2) is 4.98 Å². The molecule has 0 aromatic carbocycles. The lowest BCUT2D eigenvalue weighted by Crippen LogP contribution is -2.03. The monoisotopic (exact) mass is 139 g/mol. The van der Waals surface area contributed by atoms with Crippen molar-refractivity contribution < 1.29 is 5.21 Å². The molecule has 54 valence electrons. The minimum atomic E-state index is 0.521. The summed E-state index contributed by atoms with van der Waals surface area (Å²) in [5.74, 6) is 0.683. The van der Waals surface area contributed by atoms with Crippen molar-refractivity contribution in [1.29, 1.82) is 0 Å². The highest BCUT2D eigenvalue weighted by Gasteiger charge is 2.01. The van der Waals surface area contributed by atoms with Gasteiger partial charge in [0.2, 0.25) is 0 Å². The third kappa shape index (κ3) is 1.00. The zero-order chi connectivity index (χ0) is 7.56. The maximum atomic E-state index is 8.37. The Morgan fingerprint density at radius 3 is 2.90 bits per heavy atom. The summed E-state index contributed by atoms with van der Waals surface area (Å²) < 4.78 is 1.79. The summed E-state index contributed by atoms with van der Waals surface area (Å²) in [6.45, 7) is 1.70. The van der Waals surface area contributed by atoms with Crippen LogP contribution in [0.2, 0.25) is 0 Å². The van der Waals surface area contributed by atoms with Crippen LogP contribution in [-0.4, -0.2) is 20.5 Å². The van der Waals surface area contributed by atoms with E-state index in [0.717, 1.165) is 0 Å². The summed E-state index contributed by atoms with van der Waals surface area (Å²) in [4.78, 5) is 3.96. The lowest BCUT2D eigenvalue weighted by molar-refractivity contribution is 0.318. The predicted octanol–water partition coefficient (Wildman–Crippen LogP) is 0.618. The number of hydrogen-bond acceptors (Lipinski definition) is 3. The molecule has 0 aliphatic rings. The van der Waals surface area contributed by atoms with Crippen LogP contribution in [0.25, 0.3) is 0 Å². The van der Waals surface area contributed by atoms with E-state index in [0.29, 0.717) is 11.5 Å². The molecule has 10 heavy (non-hydrogen) atoms. The molecule has 0 saturated carbocycles. The summed E-state index contributed by atoms with van der Waals surface area (Å²) >= 11 is 0. The Bertz CT molecular complexity index is 251. The zero-order valence-electron chi connectivity index (χ0n) is 5.94. The lowest BCUT2D eigenvalue weighted by Gasteiger charge is -1.96. The van der Waals surface area contributed by atoms with Crippen molar-refractivity contribution in [3.05, 3.63) is 18.2 Å². The highest BCUT2D eigenvalue weighted by molar-refractivity contribution is 5.94. The van der Waals surface area contributed by atoms with Crippen molar-refractivity contribution in [2.45, 2.75) is 6.92 Å². The van der Waals surface area contributed by atoms with Gasteiger partial charge in [0.1, 0.15) is 5.71 Å². The fraction of sp³-hybridized carbons (Fsp3) is 0.333. The second-order valence-electron chi connectivity index (χ2n) is 2.05. The smallest absolute Gasteiger partial charge is 0.157 e. The summed E-state index contributed by atoms with van der Waals surface area (Å²) in [5, 5.41) is 11.4. The van der Waals surface area contributed by atoms with E-state index in [2.05, 4.69) is 10.1 Å². The van der Waals surface area contributed by atoms with E-state index in [9.17, 15) is 0 Å². The zero-order valence-corrected chi connectivity index (χ0v) is 5.94. The third-order valence-corrected chi connectivity index (χ3v) is 1.29. The lowest BCUT2D eigenvalue weighted by atomic mass is 10.4. The van der Waals surface area contributed by atoms with Crippen LogP contribution < -0.4 is 0 Å². The topological polar surface area (TPSA) is 50.4 Å². The fourth-order valence-corrected chi connectivity index (χ4v) is 0.759. The van der Waals surface area contributed by atoms with Gasteiger partial charge >= 0.3 is 0 Å². The average Bonchev–Trinajstić information content (AvgIpc) is 2.34. The van der Waals surface area contributed by atoms with Crippen LogP contribution in [0.1, 0.15) is 12.7 Å². The number of aryl methyl sites for hydroxylation is 1. The van der Waals surface area contributed by atoms with Gasteiger partial charge in [0.25, 0.3) is 0 Å². The van der Waals surface area contributed by atoms with Crippen molar-refractivity contribution in [3.63, 3.8) is 0 Å². The molecular formula is C6H9N3O. The van der Waals surface area contributed by atoms with E-state index in [1.807, 2.05) is 7.05 Å². The van der Waals surface area contributed by atoms with Gasteiger partial charge in [-0.2, -0.15) is 0 Å². The second-order valence-corrected chi connectivity index (χ2v) is 2.05. The van der Waals surface area contributed by atoms with Crippen molar-refractivity contribution in [3.8, 4) is 0 Å². The largest absolute Gasteiger partial charge is 0.411 e. The van der Waals surface area contributed by atoms with Crippen molar-refractivity contribution in [1.82, 2.24) is 9.55 Å². The van der Waals surface area contributed by atoms with E-state index in [4.69, 9.17) is 5.21 Å². The van der Waals surface area contributed by atoms with E-state index in [1.165, 1.54) is 0 Å². The normalized spacial score (nSPS) is 12.0. The first-order valence-corrected chi connectivity index (χ1v) is 2.92. The maximum Gasteiger partial charge on any atom is 0.157 e. The quantitative estimate of drug-likeness (QED) is 0.352. The molecule has 1 aromatic heterocycles. The minimum Gasteiger partial charge on any atom is -0.411 e. The minimum absolute atomic E-state index is 0.521. The van der Waals surface area contributed by atoms with Crippen LogP contribution in [-0.2, 0) is 7.05 Å². The standard InChI is InChI=1S/C6H9N3O/c1-5(8-10)6-7-3-4-9(6)2/h3-4,10H,1-2H3/b8-5+.